The molecule has 0 bridgehead atoms. The minimum absolute atomic E-state index is 0.109. The average Bonchev–Trinajstić information content (AvgIpc) is 2.77. The molecule has 7 heteroatoms. The van der Waals surface area contributed by atoms with Gasteiger partial charge in [0.2, 0.25) is 0 Å². The third-order valence-electron chi connectivity index (χ3n) is 6.44. The molecule has 3 rings (SSSR count). The lowest BCUT2D eigenvalue weighted by Crippen LogP contribution is -2.43. The molecule has 0 fully saturated rings. The lowest BCUT2D eigenvalue weighted by Gasteiger charge is -2.38. The first-order valence-electron chi connectivity index (χ1n) is 11.9. The van der Waals surface area contributed by atoms with Gasteiger partial charge in [-0.25, -0.2) is 4.79 Å². The van der Waals surface area contributed by atoms with Crippen LogP contribution in [-0.4, -0.2) is 37.0 Å². The molecule has 0 aromatic heterocycles. The van der Waals surface area contributed by atoms with Crippen LogP contribution in [0.4, 0.5) is 0 Å². The van der Waals surface area contributed by atoms with Gasteiger partial charge in [0.1, 0.15) is 11.7 Å². The van der Waals surface area contributed by atoms with E-state index in [4.69, 9.17) is 14.2 Å². The Morgan fingerprint density at radius 2 is 1.85 bits per heavy atom. The van der Waals surface area contributed by atoms with E-state index in [1.165, 1.54) is 7.11 Å². The van der Waals surface area contributed by atoms with Gasteiger partial charge < -0.3 is 19.5 Å². The average molecular weight is 470 g/mol. The van der Waals surface area contributed by atoms with Crippen LogP contribution >= 0.6 is 0 Å². The van der Waals surface area contributed by atoms with Crippen molar-refractivity contribution in [2.75, 3.05) is 7.11 Å². The number of esters is 2. The highest BCUT2D eigenvalue weighted by atomic mass is 16.5. The van der Waals surface area contributed by atoms with E-state index >= 15 is 0 Å². The van der Waals surface area contributed by atoms with Crippen LogP contribution in [0.1, 0.15) is 65.9 Å². The topological polar surface area (TPSA) is 90.9 Å². The first-order chi connectivity index (χ1) is 16.1. The van der Waals surface area contributed by atoms with Crippen LogP contribution in [0, 0.1) is 11.8 Å². The Hall–Kier alpha value is -3.09. The van der Waals surface area contributed by atoms with Gasteiger partial charge in [0.25, 0.3) is 0 Å². The number of hydrogen-bond donors (Lipinski definition) is 1. The number of allylic oxidation sites excluding steroid dienone is 3. The Kier molecular flexibility index (Phi) is 7.85. The van der Waals surface area contributed by atoms with Gasteiger partial charge in [0.05, 0.1) is 30.8 Å². The first-order valence-corrected chi connectivity index (χ1v) is 11.9. The Morgan fingerprint density at radius 3 is 2.47 bits per heavy atom. The van der Waals surface area contributed by atoms with Crippen molar-refractivity contribution in [3.63, 3.8) is 0 Å². The van der Waals surface area contributed by atoms with Crippen LogP contribution in [0.5, 0.6) is 5.75 Å². The van der Waals surface area contributed by atoms with E-state index in [1.54, 1.807) is 0 Å². The second-order valence-corrected chi connectivity index (χ2v) is 9.36. The highest BCUT2D eigenvalue weighted by Gasteiger charge is 2.48. The summed E-state index contributed by atoms with van der Waals surface area (Å²) in [6.07, 6.45) is 0.755. The molecule has 0 radical (unpaired) electrons. The predicted molar refractivity (Wildman–Crippen MR) is 128 cm³/mol. The van der Waals surface area contributed by atoms with Gasteiger partial charge in [0, 0.05) is 22.5 Å². The molecular weight excluding hydrogens is 434 g/mol. The van der Waals surface area contributed by atoms with E-state index in [0.29, 0.717) is 41.0 Å². The molecule has 1 aromatic carbocycles. The number of dihydropyridines is 1. The van der Waals surface area contributed by atoms with Crippen LogP contribution in [0.15, 0.2) is 46.8 Å². The van der Waals surface area contributed by atoms with Crippen LogP contribution in [0.3, 0.4) is 0 Å². The number of ketones is 1. The zero-order chi connectivity index (χ0) is 25.2. The fraction of sp³-hybridized carbons (Fsp3) is 0.519. The number of methoxy groups -OCH3 is 1. The number of carbonyl (C=O) groups excluding carboxylic acids is 3. The van der Waals surface area contributed by atoms with E-state index in [-0.39, 0.29) is 23.9 Å². The van der Waals surface area contributed by atoms with E-state index in [1.807, 2.05) is 65.8 Å². The fourth-order valence-corrected chi connectivity index (χ4v) is 4.67. The summed E-state index contributed by atoms with van der Waals surface area (Å²) < 4.78 is 16.7. The highest BCUT2D eigenvalue weighted by Crippen LogP contribution is 2.47. The lowest BCUT2D eigenvalue weighted by atomic mass is 9.69. The lowest BCUT2D eigenvalue weighted by molar-refractivity contribution is -0.151. The van der Waals surface area contributed by atoms with E-state index < -0.39 is 23.8 Å². The van der Waals surface area contributed by atoms with Gasteiger partial charge in [-0.2, -0.15) is 0 Å². The first kappa shape index (κ1) is 25.5. The maximum atomic E-state index is 13.8. The third kappa shape index (κ3) is 4.88. The molecule has 0 saturated carbocycles. The summed E-state index contributed by atoms with van der Waals surface area (Å²) in [5, 5.41) is 3.28. The van der Waals surface area contributed by atoms with Crippen LogP contribution in [-0.2, 0) is 23.9 Å². The smallest absolute Gasteiger partial charge is 0.337 e. The molecular formula is C27H35NO6. The Bertz CT molecular complexity index is 1040. The summed E-state index contributed by atoms with van der Waals surface area (Å²) >= 11 is 0. The minimum atomic E-state index is -0.934. The second kappa shape index (κ2) is 10.5. The number of rotatable bonds is 7. The van der Waals surface area contributed by atoms with Crippen LogP contribution in [0.2, 0.25) is 0 Å². The fourth-order valence-electron chi connectivity index (χ4n) is 4.67. The Labute approximate surface area is 201 Å². The molecule has 1 aliphatic carbocycles. The molecule has 184 valence electrons. The van der Waals surface area contributed by atoms with Crippen molar-refractivity contribution in [3.8, 4) is 5.75 Å². The molecule has 1 heterocycles. The number of para-hydroxylation sites is 1. The highest BCUT2D eigenvalue weighted by molar-refractivity contribution is 6.12. The van der Waals surface area contributed by atoms with Gasteiger partial charge in [-0.05, 0) is 52.5 Å². The number of carbonyl (C=O) groups is 3. The third-order valence-corrected chi connectivity index (χ3v) is 6.44. The van der Waals surface area contributed by atoms with E-state index in [2.05, 4.69) is 5.32 Å². The number of Topliss-reactive ketones (excluding diaryl/α,β-unsaturated/α-hetero) is 1. The molecule has 0 spiro atoms. The zero-order valence-corrected chi connectivity index (χ0v) is 21.1. The quantitative estimate of drug-likeness (QED) is 0.467. The normalized spacial score (nSPS) is 23.3. The van der Waals surface area contributed by atoms with Gasteiger partial charge in [-0.1, -0.05) is 32.0 Å². The van der Waals surface area contributed by atoms with Crippen molar-refractivity contribution < 1.29 is 28.6 Å². The molecule has 4 atom stereocenters. The molecule has 2 aliphatic rings. The number of hydrogen-bond acceptors (Lipinski definition) is 7. The molecule has 34 heavy (non-hydrogen) atoms. The predicted octanol–water partition coefficient (Wildman–Crippen LogP) is 4.43. The molecule has 0 amide bonds. The van der Waals surface area contributed by atoms with Crippen LogP contribution < -0.4 is 10.1 Å². The second-order valence-electron chi connectivity index (χ2n) is 9.36. The zero-order valence-electron chi connectivity index (χ0n) is 21.1. The molecule has 0 saturated heterocycles. The summed E-state index contributed by atoms with van der Waals surface area (Å²) in [6.45, 7) is 11.3. The van der Waals surface area contributed by atoms with Crippen molar-refractivity contribution in [1.82, 2.24) is 5.32 Å². The summed E-state index contributed by atoms with van der Waals surface area (Å²) in [5.41, 5.74) is 2.79. The minimum Gasteiger partial charge on any atom is -0.491 e. The summed E-state index contributed by atoms with van der Waals surface area (Å²) in [5.74, 6) is -2.71. The largest absolute Gasteiger partial charge is 0.491 e. The van der Waals surface area contributed by atoms with E-state index in [0.717, 1.165) is 5.70 Å². The monoisotopic (exact) mass is 469 g/mol. The standard InChI is InChI=1S/C27H35NO6/c1-8-16(5)34-27(31)22-17(6)28-19-13-15(4)21(26(30)32-7)25(29)24(19)23(22)18-11-9-10-12-20(18)33-14(2)3/h9-12,14-16,21,23,28H,8,13H2,1-7H3/t15-,16+,21-,23+/m1/s1. The van der Waals surface area contributed by atoms with Crippen molar-refractivity contribution in [3.05, 3.63) is 52.4 Å². The van der Waals surface area contributed by atoms with Gasteiger partial charge >= 0.3 is 11.9 Å². The van der Waals surface area contributed by atoms with Crippen molar-refractivity contribution in [1.29, 1.82) is 0 Å². The van der Waals surface area contributed by atoms with Gasteiger partial charge in [-0.15, -0.1) is 0 Å². The summed E-state index contributed by atoms with van der Waals surface area (Å²) in [6, 6.07) is 7.40. The molecule has 1 aliphatic heterocycles. The SMILES string of the molecule is CC[C@H](C)OC(=O)C1=C(C)NC2=C(C(=O)[C@H](C(=O)OC)[C@H](C)C2)[C@H]1c1ccccc1OC(C)C. The molecule has 1 N–H and O–H groups in total. The van der Waals surface area contributed by atoms with E-state index in [9.17, 15) is 14.4 Å². The summed E-state index contributed by atoms with van der Waals surface area (Å²) in [4.78, 5) is 39.8. The van der Waals surface area contributed by atoms with Crippen molar-refractivity contribution in [2.45, 2.75) is 72.5 Å². The maximum absolute atomic E-state index is 13.8. The van der Waals surface area contributed by atoms with Crippen molar-refractivity contribution in [2.24, 2.45) is 11.8 Å². The maximum Gasteiger partial charge on any atom is 0.337 e. The van der Waals surface area contributed by atoms with Gasteiger partial charge in [0.15, 0.2) is 5.78 Å². The molecule has 7 nitrogen and oxygen atoms in total. The van der Waals surface area contributed by atoms with Crippen LogP contribution in [0.25, 0.3) is 0 Å². The summed E-state index contributed by atoms with van der Waals surface area (Å²) in [7, 11) is 1.29. The number of ether oxygens (including phenoxy) is 3. The Morgan fingerprint density at radius 1 is 1.18 bits per heavy atom. The Balaban J connectivity index is 2.22. The van der Waals surface area contributed by atoms with Crippen molar-refractivity contribution >= 4 is 17.7 Å². The number of benzene rings is 1. The molecule has 1 aromatic rings. The number of nitrogens with one attached hydrogen (secondary N) is 1. The van der Waals surface area contributed by atoms with Gasteiger partial charge in [-0.3, -0.25) is 9.59 Å². The molecule has 0 unspecified atom stereocenters.